The van der Waals surface area contributed by atoms with E-state index in [-0.39, 0.29) is 12.5 Å². The van der Waals surface area contributed by atoms with Crippen molar-refractivity contribution in [1.29, 1.82) is 0 Å². The second-order valence-corrected chi connectivity index (χ2v) is 3.57. The van der Waals surface area contributed by atoms with E-state index in [2.05, 4.69) is 10.1 Å². The van der Waals surface area contributed by atoms with Gasteiger partial charge < -0.3 is 15.2 Å². The van der Waals surface area contributed by atoms with Crippen LogP contribution in [0.25, 0.3) is 0 Å². The van der Waals surface area contributed by atoms with E-state index < -0.39 is 12.0 Å². The molecule has 14 heavy (non-hydrogen) atoms. The summed E-state index contributed by atoms with van der Waals surface area (Å²) in [5.74, 6) is -0.874. The van der Waals surface area contributed by atoms with Crippen molar-refractivity contribution in [2.75, 3.05) is 13.7 Å². The summed E-state index contributed by atoms with van der Waals surface area (Å²) < 4.78 is 4.60. The lowest BCUT2D eigenvalue weighted by molar-refractivity contribution is -0.142. The highest BCUT2D eigenvalue weighted by Gasteiger charge is 2.29. The van der Waals surface area contributed by atoms with E-state index in [1.165, 1.54) is 7.11 Å². The van der Waals surface area contributed by atoms with E-state index in [0.29, 0.717) is 12.3 Å². The largest absolute Gasteiger partial charge is 0.480 e. The molecule has 2 N–H and O–H groups in total. The van der Waals surface area contributed by atoms with Crippen molar-refractivity contribution < 1.29 is 19.4 Å². The van der Waals surface area contributed by atoms with Crippen LogP contribution in [0.1, 0.15) is 19.3 Å². The highest BCUT2D eigenvalue weighted by atomic mass is 16.5. The number of nitrogens with one attached hydrogen (secondary N) is 1. The minimum atomic E-state index is -0.971. The minimum Gasteiger partial charge on any atom is -0.480 e. The smallest absolute Gasteiger partial charge is 0.326 e. The molecule has 80 valence electrons. The molecule has 0 saturated heterocycles. The molecule has 0 unspecified atom stereocenters. The molecule has 1 aliphatic rings. The lowest BCUT2D eigenvalue weighted by Gasteiger charge is -2.13. The molecular formula is C9H15NO4. The Labute approximate surface area is 82.4 Å². The van der Waals surface area contributed by atoms with E-state index in [9.17, 15) is 9.59 Å². The zero-order valence-corrected chi connectivity index (χ0v) is 8.16. The van der Waals surface area contributed by atoms with E-state index in [1.807, 2.05) is 0 Å². The van der Waals surface area contributed by atoms with Crippen LogP contribution >= 0.6 is 0 Å². The number of carbonyl (C=O) groups excluding carboxylic acids is 1. The fourth-order valence-electron chi connectivity index (χ4n) is 1.28. The fraction of sp³-hybridized carbons (Fsp3) is 0.778. The molecule has 0 aromatic carbocycles. The molecule has 0 spiro atoms. The quantitative estimate of drug-likeness (QED) is 0.634. The molecule has 1 aliphatic carbocycles. The molecule has 0 heterocycles. The minimum absolute atomic E-state index is 0.0888. The standard InChI is InChI=1S/C9H15NO4/c1-14-5-8(11)10-7(9(12)13)4-6-2-3-6/h6-7H,2-5H2,1H3,(H,10,11)(H,12,13)/t7-/m1/s1. The highest BCUT2D eigenvalue weighted by molar-refractivity contribution is 5.84. The van der Waals surface area contributed by atoms with Gasteiger partial charge in [-0.05, 0) is 12.3 Å². The molecule has 0 radical (unpaired) electrons. The molecule has 0 aliphatic heterocycles. The van der Waals surface area contributed by atoms with E-state index in [4.69, 9.17) is 5.11 Å². The summed E-state index contributed by atoms with van der Waals surface area (Å²) in [6.07, 6.45) is 2.68. The van der Waals surface area contributed by atoms with Gasteiger partial charge >= 0.3 is 5.97 Å². The molecule has 1 saturated carbocycles. The summed E-state index contributed by atoms with van der Waals surface area (Å²) in [5, 5.41) is 11.2. The average Bonchev–Trinajstić information content (AvgIpc) is 2.87. The molecule has 0 aromatic heterocycles. The average molecular weight is 201 g/mol. The van der Waals surface area contributed by atoms with Crippen LogP contribution in [-0.4, -0.2) is 36.7 Å². The molecule has 0 bridgehead atoms. The van der Waals surface area contributed by atoms with Crippen LogP contribution in [0.5, 0.6) is 0 Å². The first-order valence-corrected chi connectivity index (χ1v) is 4.64. The summed E-state index contributed by atoms with van der Waals surface area (Å²) >= 11 is 0. The second-order valence-electron chi connectivity index (χ2n) is 3.57. The zero-order valence-electron chi connectivity index (χ0n) is 8.16. The Balaban J connectivity index is 2.33. The molecule has 1 atom stereocenters. The Bertz CT molecular complexity index is 225. The Hall–Kier alpha value is -1.10. The van der Waals surface area contributed by atoms with E-state index >= 15 is 0 Å². The number of carboxylic acids is 1. The molecule has 5 nitrogen and oxygen atoms in total. The predicted molar refractivity (Wildman–Crippen MR) is 48.8 cm³/mol. The predicted octanol–water partition coefficient (Wildman–Crippen LogP) is 0.00230. The Morgan fingerprint density at radius 2 is 2.21 bits per heavy atom. The van der Waals surface area contributed by atoms with Crippen molar-refractivity contribution in [2.45, 2.75) is 25.3 Å². The fourth-order valence-corrected chi connectivity index (χ4v) is 1.28. The van der Waals surface area contributed by atoms with Crippen molar-refractivity contribution in [2.24, 2.45) is 5.92 Å². The molecule has 1 amide bonds. The number of methoxy groups -OCH3 is 1. The topological polar surface area (TPSA) is 75.6 Å². The van der Waals surface area contributed by atoms with Gasteiger partial charge in [0, 0.05) is 7.11 Å². The molecule has 5 heteroatoms. The van der Waals surface area contributed by atoms with Gasteiger partial charge in [0.05, 0.1) is 0 Å². The number of carboxylic acid groups (broad SMARTS) is 1. The maximum absolute atomic E-state index is 11.1. The summed E-state index contributed by atoms with van der Waals surface area (Å²) in [5.41, 5.74) is 0. The number of amides is 1. The molecule has 1 fully saturated rings. The first-order valence-electron chi connectivity index (χ1n) is 4.64. The molecular weight excluding hydrogens is 186 g/mol. The van der Waals surface area contributed by atoms with Crippen LogP contribution in [-0.2, 0) is 14.3 Å². The maximum Gasteiger partial charge on any atom is 0.326 e. The number of ether oxygens (including phenoxy) is 1. The third kappa shape index (κ3) is 3.74. The normalized spacial score (nSPS) is 17.5. The lowest BCUT2D eigenvalue weighted by atomic mass is 10.1. The highest BCUT2D eigenvalue weighted by Crippen LogP contribution is 2.33. The van der Waals surface area contributed by atoms with Crippen molar-refractivity contribution in [3.8, 4) is 0 Å². The first-order chi connectivity index (χ1) is 6.63. The number of carbonyl (C=O) groups is 2. The van der Waals surface area contributed by atoms with Crippen LogP contribution in [0, 0.1) is 5.92 Å². The van der Waals surface area contributed by atoms with Crippen LogP contribution in [0.3, 0.4) is 0 Å². The van der Waals surface area contributed by atoms with Crippen molar-refractivity contribution >= 4 is 11.9 Å². The molecule has 0 aromatic rings. The van der Waals surface area contributed by atoms with Crippen LogP contribution in [0.4, 0.5) is 0 Å². The van der Waals surface area contributed by atoms with Gasteiger partial charge in [0.1, 0.15) is 12.6 Å². The summed E-state index contributed by atoms with van der Waals surface area (Å²) in [7, 11) is 1.40. The van der Waals surface area contributed by atoms with Gasteiger partial charge in [0.15, 0.2) is 0 Å². The summed E-state index contributed by atoms with van der Waals surface area (Å²) in [4.78, 5) is 21.8. The van der Waals surface area contributed by atoms with Gasteiger partial charge in [0.25, 0.3) is 0 Å². The summed E-state index contributed by atoms with van der Waals surface area (Å²) in [6.45, 7) is -0.0888. The van der Waals surface area contributed by atoms with Gasteiger partial charge in [-0.3, -0.25) is 4.79 Å². The van der Waals surface area contributed by atoms with Gasteiger partial charge in [0.2, 0.25) is 5.91 Å². The van der Waals surface area contributed by atoms with Crippen molar-refractivity contribution in [3.05, 3.63) is 0 Å². The van der Waals surface area contributed by atoms with Crippen molar-refractivity contribution in [1.82, 2.24) is 5.32 Å². The second kappa shape index (κ2) is 4.95. The lowest BCUT2D eigenvalue weighted by Crippen LogP contribution is -2.42. The Morgan fingerprint density at radius 1 is 1.57 bits per heavy atom. The number of hydrogen-bond acceptors (Lipinski definition) is 3. The number of rotatable bonds is 6. The van der Waals surface area contributed by atoms with Gasteiger partial charge in [-0.15, -0.1) is 0 Å². The zero-order chi connectivity index (χ0) is 10.6. The van der Waals surface area contributed by atoms with E-state index in [0.717, 1.165) is 12.8 Å². The molecule has 1 rings (SSSR count). The Kier molecular flexibility index (Phi) is 3.88. The summed E-state index contributed by atoms with van der Waals surface area (Å²) in [6, 6.07) is -0.759. The monoisotopic (exact) mass is 201 g/mol. The SMILES string of the molecule is COCC(=O)N[C@H](CC1CC1)C(=O)O. The van der Waals surface area contributed by atoms with Crippen LogP contribution in [0.2, 0.25) is 0 Å². The number of aliphatic carboxylic acids is 1. The third-order valence-electron chi connectivity index (χ3n) is 2.17. The van der Waals surface area contributed by atoms with E-state index in [1.54, 1.807) is 0 Å². The van der Waals surface area contributed by atoms with Crippen LogP contribution in [0.15, 0.2) is 0 Å². The maximum atomic E-state index is 11.1. The van der Waals surface area contributed by atoms with Crippen LogP contribution < -0.4 is 5.32 Å². The van der Waals surface area contributed by atoms with Crippen molar-refractivity contribution in [3.63, 3.8) is 0 Å². The van der Waals surface area contributed by atoms with Gasteiger partial charge in [-0.2, -0.15) is 0 Å². The first kappa shape index (κ1) is 11.0. The van der Waals surface area contributed by atoms with Gasteiger partial charge in [-0.1, -0.05) is 12.8 Å². The number of hydrogen-bond donors (Lipinski definition) is 2. The van der Waals surface area contributed by atoms with Gasteiger partial charge in [-0.25, -0.2) is 4.79 Å². The third-order valence-corrected chi connectivity index (χ3v) is 2.17. The Morgan fingerprint density at radius 3 is 2.64 bits per heavy atom.